The summed E-state index contributed by atoms with van der Waals surface area (Å²) in [5.41, 5.74) is 0.602. The molecule has 1 rings (SSSR count). The van der Waals surface area contributed by atoms with E-state index in [1.54, 1.807) is 25.1 Å². The topological polar surface area (TPSA) is 58.2 Å². The van der Waals surface area contributed by atoms with Gasteiger partial charge in [0.15, 0.2) is 0 Å². The van der Waals surface area contributed by atoms with Gasteiger partial charge < -0.3 is 10.6 Å². The molecule has 6 heteroatoms. The van der Waals surface area contributed by atoms with Gasteiger partial charge >= 0.3 is 0 Å². The van der Waals surface area contributed by atoms with Crippen molar-refractivity contribution in [3.63, 3.8) is 0 Å². The molecule has 0 aliphatic carbocycles. The van der Waals surface area contributed by atoms with Gasteiger partial charge in [-0.05, 0) is 32.9 Å². The zero-order valence-electron chi connectivity index (χ0n) is 12.4. The molecule has 0 saturated heterocycles. The van der Waals surface area contributed by atoms with Crippen molar-refractivity contribution < 1.29 is 9.59 Å². The summed E-state index contributed by atoms with van der Waals surface area (Å²) >= 11 is 12.2. The summed E-state index contributed by atoms with van der Waals surface area (Å²) in [5.74, 6) is -0.768. The van der Waals surface area contributed by atoms with Gasteiger partial charge in [0.1, 0.15) is 0 Å². The number of halogens is 2. The second-order valence-corrected chi connectivity index (χ2v) is 5.93. The Morgan fingerprint density at radius 1 is 1.14 bits per heavy atom. The number of hydrogen-bond donors (Lipinski definition) is 2. The van der Waals surface area contributed by atoms with E-state index in [4.69, 9.17) is 23.2 Å². The first-order valence-corrected chi connectivity index (χ1v) is 7.59. The molecule has 21 heavy (non-hydrogen) atoms. The lowest BCUT2D eigenvalue weighted by molar-refractivity contribution is -0.123. The molecule has 0 spiro atoms. The third-order valence-corrected chi connectivity index (χ3v) is 3.59. The Balaban J connectivity index is 2.54. The second-order valence-electron chi connectivity index (χ2n) is 5.12. The molecule has 0 saturated carbocycles. The maximum atomic E-state index is 12.1. The zero-order chi connectivity index (χ0) is 16.0. The van der Waals surface area contributed by atoms with Gasteiger partial charge in [-0.1, -0.05) is 29.3 Å². The van der Waals surface area contributed by atoms with Gasteiger partial charge in [0.2, 0.25) is 11.8 Å². The maximum absolute atomic E-state index is 12.1. The van der Waals surface area contributed by atoms with E-state index in [-0.39, 0.29) is 30.8 Å². The summed E-state index contributed by atoms with van der Waals surface area (Å²) in [6.07, 6.45) is 0.243. The Labute approximate surface area is 135 Å². The number of carbonyl (C=O) groups excluding carboxylic acids is 2. The normalized spacial score (nSPS) is 12.1. The standard InChI is InChI=1S/C15H20Cl2N2O2/c1-9(2)19-13(20)7-8-18-15(21)10(3)14-11(16)5-4-6-12(14)17/h4-6,9-10H,7-8H2,1-3H3,(H,18,21)(H,19,20)/t10-/m0/s1. The van der Waals surface area contributed by atoms with Crippen LogP contribution in [0.2, 0.25) is 10.0 Å². The van der Waals surface area contributed by atoms with Crippen LogP contribution in [0.3, 0.4) is 0 Å². The molecule has 0 aliphatic rings. The second kappa shape index (κ2) is 8.25. The summed E-state index contributed by atoms with van der Waals surface area (Å²) < 4.78 is 0. The molecular formula is C15H20Cl2N2O2. The van der Waals surface area contributed by atoms with E-state index in [9.17, 15) is 9.59 Å². The molecule has 0 bridgehead atoms. The largest absolute Gasteiger partial charge is 0.355 e. The van der Waals surface area contributed by atoms with Crippen molar-refractivity contribution in [3.8, 4) is 0 Å². The van der Waals surface area contributed by atoms with Crippen LogP contribution in [0.1, 0.15) is 38.7 Å². The molecule has 0 fully saturated rings. The molecule has 1 atom stereocenters. The van der Waals surface area contributed by atoms with E-state index < -0.39 is 5.92 Å². The summed E-state index contributed by atoms with van der Waals surface area (Å²) in [6, 6.07) is 5.22. The third-order valence-electron chi connectivity index (χ3n) is 2.93. The Morgan fingerprint density at radius 3 is 2.24 bits per heavy atom. The highest BCUT2D eigenvalue weighted by molar-refractivity contribution is 6.36. The monoisotopic (exact) mass is 330 g/mol. The van der Waals surface area contributed by atoms with Crippen LogP contribution in [0.5, 0.6) is 0 Å². The minimum atomic E-state index is -0.473. The Kier molecular flexibility index (Phi) is 6.99. The third kappa shape index (κ3) is 5.56. The zero-order valence-corrected chi connectivity index (χ0v) is 13.9. The number of hydrogen-bond acceptors (Lipinski definition) is 2. The number of carbonyl (C=O) groups is 2. The molecule has 0 unspecified atom stereocenters. The first-order valence-electron chi connectivity index (χ1n) is 6.84. The van der Waals surface area contributed by atoms with Crippen LogP contribution < -0.4 is 10.6 Å². The van der Waals surface area contributed by atoms with Crippen molar-refractivity contribution in [2.45, 2.75) is 39.2 Å². The first kappa shape index (κ1) is 17.8. The summed E-state index contributed by atoms with van der Waals surface area (Å²) in [6.45, 7) is 5.79. The number of nitrogens with one attached hydrogen (secondary N) is 2. The molecule has 2 amide bonds. The van der Waals surface area contributed by atoms with Crippen molar-refractivity contribution >= 4 is 35.0 Å². The van der Waals surface area contributed by atoms with Gasteiger partial charge in [-0.15, -0.1) is 0 Å². The lowest BCUT2D eigenvalue weighted by Crippen LogP contribution is -2.35. The van der Waals surface area contributed by atoms with Crippen LogP contribution in [0, 0.1) is 0 Å². The van der Waals surface area contributed by atoms with Crippen molar-refractivity contribution in [1.82, 2.24) is 10.6 Å². The number of rotatable bonds is 6. The Bertz CT molecular complexity index is 498. The lowest BCUT2D eigenvalue weighted by atomic mass is 10.00. The fourth-order valence-electron chi connectivity index (χ4n) is 1.90. The van der Waals surface area contributed by atoms with Gasteiger partial charge in [0.25, 0.3) is 0 Å². The van der Waals surface area contributed by atoms with E-state index in [2.05, 4.69) is 10.6 Å². The molecule has 0 heterocycles. The van der Waals surface area contributed by atoms with Gasteiger partial charge in [-0.3, -0.25) is 9.59 Å². The molecule has 0 aromatic heterocycles. The van der Waals surface area contributed by atoms with Crippen LogP contribution in [-0.4, -0.2) is 24.4 Å². The van der Waals surface area contributed by atoms with Crippen molar-refractivity contribution in [1.29, 1.82) is 0 Å². The number of amides is 2. The highest BCUT2D eigenvalue weighted by atomic mass is 35.5. The van der Waals surface area contributed by atoms with Gasteiger partial charge in [0.05, 0.1) is 5.92 Å². The lowest BCUT2D eigenvalue weighted by Gasteiger charge is -2.15. The molecular weight excluding hydrogens is 311 g/mol. The van der Waals surface area contributed by atoms with Gasteiger partial charge in [-0.25, -0.2) is 0 Å². The van der Waals surface area contributed by atoms with E-state index in [0.29, 0.717) is 15.6 Å². The average molecular weight is 331 g/mol. The van der Waals surface area contributed by atoms with E-state index >= 15 is 0 Å². The minimum absolute atomic E-state index is 0.0891. The molecule has 2 N–H and O–H groups in total. The van der Waals surface area contributed by atoms with Crippen molar-refractivity contribution in [3.05, 3.63) is 33.8 Å². The first-order chi connectivity index (χ1) is 9.82. The van der Waals surface area contributed by atoms with Crippen LogP contribution in [0.15, 0.2) is 18.2 Å². The Hall–Kier alpha value is -1.26. The van der Waals surface area contributed by atoms with E-state index in [1.165, 1.54) is 0 Å². The van der Waals surface area contributed by atoms with Crippen molar-refractivity contribution in [2.75, 3.05) is 6.54 Å². The van der Waals surface area contributed by atoms with Gasteiger partial charge in [0, 0.05) is 34.6 Å². The van der Waals surface area contributed by atoms with Crippen molar-refractivity contribution in [2.24, 2.45) is 0 Å². The fourth-order valence-corrected chi connectivity index (χ4v) is 2.63. The van der Waals surface area contributed by atoms with E-state index in [1.807, 2.05) is 13.8 Å². The van der Waals surface area contributed by atoms with Crippen LogP contribution in [0.25, 0.3) is 0 Å². The highest BCUT2D eigenvalue weighted by Gasteiger charge is 2.20. The molecule has 116 valence electrons. The summed E-state index contributed by atoms with van der Waals surface area (Å²) in [4.78, 5) is 23.6. The summed E-state index contributed by atoms with van der Waals surface area (Å²) in [5, 5.41) is 6.41. The average Bonchev–Trinajstić information content (AvgIpc) is 2.37. The molecule has 0 aliphatic heterocycles. The fraction of sp³-hybridized carbons (Fsp3) is 0.467. The number of benzene rings is 1. The van der Waals surface area contributed by atoms with Gasteiger partial charge in [-0.2, -0.15) is 0 Å². The highest BCUT2D eigenvalue weighted by Crippen LogP contribution is 2.31. The predicted molar refractivity (Wildman–Crippen MR) is 85.8 cm³/mol. The molecule has 1 aromatic carbocycles. The van der Waals surface area contributed by atoms with Crippen LogP contribution >= 0.6 is 23.2 Å². The molecule has 4 nitrogen and oxygen atoms in total. The smallest absolute Gasteiger partial charge is 0.227 e. The van der Waals surface area contributed by atoms with Crippen LogP contribution in [0.4, 0.5) is 0 Å². The predicted octanol–water partition coefficient (Wildman–Crippen LogP) is 3.13. The molecule has 0 radical (unpaired) electrons. The summed E-state index contributed by atoms with van der Waals surface area (Å²) in [7, 11) is 0. The Morgan fingerprint density at radius 2 is 1.71 bits per heavy atom. The minimum Gasteiger partial charge on any atom is -0.355 e. The van der Waals surface area contributed by atoms with E-state index in [0.717, 1.165) is 0 Å². The van der Waals surface area contributed by atoms with Crippen LogP contribution in [-0.2, 0) is 9.59 Å². The SMILES string of the molecule is CC(C)NC(=O)CCNC(=O)[C@@H](C)c1c(Cl)cccc1Cl. The quantitative estimate of drug-likeness (QED) is 0.841. The maximum Gasteiger partial charge on any atom is 0.227 e. The molecule has 1 aromatic rings.